The number of nitrogens with two attached hydrogens (primary N) is 1. The van der Waals surface area contributed by atoms with Crippen LogP contribution in [0.15, 0.2) is 41.0 Å². The predicted molar refractivity (Wildman–Crippen MR) is 115 cm³/mol. The number of anilines is 3. The molecule has 3 rings (SSSR count). The number of benzene rings is 1. The minimum atomic E-state index is -0.0312. The summed E-state index contributed by atoms with van der Waals surface area (Å²) in [6.45, 7) is 0.534. The molecule has 8 heteroatoms. The topological polar surface area (TPSA) is 128 Å². The zero-order valence-electron chi connectivity index (χ0n) is 15.8. The molecule has 2 heterocycles. The highest BCUT2D eigenvalue weighted by molar-refractivity contribution is 6.11. The molecule has 1 aliphatic heterocycles. The van der Waals surface area contributed by atoms with Crippen LogP contribution in [0.3, 0.4) is 0 Å². The summed E-state index contributed by atoms with van der Waals surface area (Å²) in [5.41, 5.74) is 11.9. The number of carbonyl (C=O) groups excluding carboxylic acids is 1. The second-order valence-electron chi connectivity index (χ2n) is 6.22. The van der Waals surface area contributed by atoms with Gasteiger partial charge in [-0.1, -0.05) is 6.07 Å². The number of nitrogens with one attached hydrogen (secondary N) is 4. The minimum absolute atomic E-state index is 0.0312. The number of carbonyl (C=O) groups is 1. The molecule has 0 bridgehead atoms. The molecule has 144 valence electrons. The van der Waals surface area contributed by atoms with Crippen molar-refractivity contribution in [2.24, 2.45) is 10.7 Å². The van der Waals surface area contributed by atoms with Crippen molar-refractivity contribution in [2.45, 2.75) is 6.42 Å². The predicted octanol–water partition coefficient (Wildman–Crippen LogP) is 2.56. The maximum Gasteiger partial charge on any atom is 0.226 e. The molecule has 0 atom stereocenters. The summed E-state index contributed by atoms with van der Waals surface area (Å²) in [6, 6.07) is 7.55. The Morgan fingerprint density at radius 1 is 1.39 bits per heavy atom. The van der Waals surface area contributed by atoms with Crippen molar-refractivity contribution in [3.05, 3.63) is 41.6 Å². The first-order valence-corrected chi connectivity index (χ1v) is 8.86. The van der Waals surface area contributed by atoms with Crippen LogP contribution in [0.1, 0.15) is 12.0 Å². The number of nitrogens with zero attached hydrogens (tertiary/aromatic N) is 2. The van der Waals surface area contributed by atoms with Crippen molar-refractivity contribution in [2.75, 3.05) is 36.6 Å². The Morgan fingerprint density at radius 2 is 2.21 bits per heavy atom. The van der Waals surface area contributed by atoms with Crippen LogP contribution in [0.25, 0.3) is 17.0 Å². The lowest BCUT2D eigenvalue weighted by Crippen LogP contribution is -2.10. The number of aromatic nitrogens is 1. The van der Waals surface area contributed by atoms with E-state index in [2.05, 4.69) is 25.9 Å². The smallest absolute Gasteiger partial charge is 0.226 e. The van der Waals surface area contributed by atoms with Crippen LogP contribution < -0.4 is 21.7 Å². The average Bonchev–Trinajstić information content (AvgIpc) is 2.91. The number of fused-ring (bicyclic) bond motifs is 1. The first-order valence-electron chi connectivity index (χ1n) is 8.86. The van der Waals surface area contributed by atoms with E-state index < -0.39 is 0 Å². The molecule has 1 aromatic heterocycles. The maximum atomic E-state index is 11.9. The van der Waals surface area contributed by atoms with Crippen molar-refractivity contribution in [1.29, 1.82) is 5.41 Å². The van der Waals surface area contributed by atoms with Crippen molar-refractivity contribution < 1.29 is 4.79 Å². The molecule has 0 spiro atoms. The van der Waals surface area contributed by atoms with Crippen molar-refractivity contribution >= 4 is 41.1 Å². The number of hydrogen-bond donors (Lipinski definition) is 5. The molecular weight excluding hydrogens is 354 g/mol. The van der Waals surface area contributed by atoms with Crippen LogP contribution in [0.4, 0.5) is 17.1 Å². The summed E-state index contributed by atoms with van der Waals surface area (Å²) in [4.78, 5) is 20.3. The lowest BCUT2D eigenvalue weighted by molar-refractivity contribution is -0.115. The first kappa shape index (κ1) is 19.1. The Morgan fingerprint density at radius 3 is 2.93 bits per heavy atom. The summed E-state index contributed by atoms with van der Waals surface area (Å²) < 4.78 is 0. The SMILES string of the molecule is CN=CC(C=N)=C(N)c1cc(-c2nccc3c2NCCC(=O)N3)ccc1NC. The Balaban J connectivity index is 2.17. The van der Waals surface area contributed by atoms with Gasteiger partial charge in [0.2, 0.25) is 5.91 Å². The molecule has 28 heavy (non-hydrogen) atoms. The van der Waals surface area contributed by atoms with E-state index in [0.717, 1.165) is 28.2 Å². The van der Waals surface area contributed by atoms with E-state index in [-0.39, 0.29) is 5.91 Å². The first-order chi connectivity index (χ1) is 13.6. The normalized spacial score (nSPS) is 14.4. The Kier molecular flexibility index (Phi) is 5.69. The van der Waals surface area contributed by atoms with Gasteiger partial charge in [-0.15, -0.1) is 0 Å². The highest BCUT2D eigenvalue weighted by Gasteiger charge is 2.18. The molecule has 0 fully saturated rings. The molecular formula is C20H23N7O. The summed E-state index contributed by atoms with van der Waals surface area (Å²) >= 11 is 0. The molecule has 1 amide bonds. The van der Waals surface area contributed by atoms with Crippen LogP contribution in [-0.4, -0.2) is 44.0 Å². The van der Waals surface area contributed by atoms with E-state index in [0.29, 0.717) is 29.9 Å². The third-order valence-electron chi connectivity index (χ3n) is 4.47. The van der Waals surface area contributed by atoms with Gasteiger partial charge < -0.3 is 27.1 Å². The molecule has 1 aromatic carbocycles. The standard InChI is InChI=1S/C20H23N7O/c1-23-11-13(10-21)18(22)14-9-12(3-4-15(14)24-2)19-20-16(5-7-25-19)27-17(28)6-8-26-20/h3-5,7,9-11,21,24,26H,6,8,22H2,1-2H3,(H,27,28). The van der Waals surface area contributed by atoms with Gasteiger partial charge in [-0.05, 0) is 18.2 Å². The number of allylic oxidation sites excluding steroid dienone is 1. The molecule has 0 saturated heterocycles. The Hall–Kier alpha value is -3.68. The van der Waals surface area contributed by atoms with Gasteiger partial charge in [0.25, 0.3) is 0 Å². The van der Waals surface area contributed by atoms with Gasteiger partial charge in [0.15, 0.2) is 0 Å². The third-order valence-corrected chi connectivity index (χ3v) is 4.47. The van der Waals surface area contributed by atoms with Crippen molar-refractivity contribution in [3.63, 3.8) is 0 Å². The highest BCUT2D eigenvalue weighted by Crippen LogP contribution is 2.36. The van der Waals surface area contributed by atoms with Gasteiger partial charge in [-0.2, -0.15) is 0 Å². The fourth-order valence-electron chi connectivity index (χ4n) is 3.09. The number of rotatable bonds is 5. The van der Waals surface area contributed by atoms with Crippen LogP contribution >= 0.6 is 0 Å². The third kappa shape index (κ3) is 3.71. The fourth-order valence-corrected chi connectivity index (χ4v) is 3.09. The van der Waals surface area contributed by atoms with E-state index in [1.807, 2.05) is 25.2 Å². The number of amides is 1. The van der Waals surface area contributed by atoms with Gasteiger partial charge in [0, 0.05) is 68.1 Å². The van der Waals surface area contributed by atoms with E-state index >= 15 is 0 Å². The second kappa shape index (κ2) is 8.34. The summed E-state index contributed by atoms with van der Waals surface area (Å²) in [5.74, 6) is -0.0312. The Bertz CT molecular complexity index is 979. The van der Waals surface area contributed by atoms with Crippen LogP contribution in [0.2, 0.25) is 0 Å². The molecule has 8 nitrogen and oxygen atoms in total. The fraction of sp³-hybridized carbons (Fsp3) is 0.200. The lowest BCUT2D eigenvalue weighted by Gasteiger charge is -2.16. The maximum absolute atomic E-state index is 11.9. The zero-order valence-corrected chi connectivity index (χ0v) is 15.8. The van der Waals surface area contributed by atoms with Gasteiger partial charge in [-0.25, -0.2) is 0 Å². The molecule has 0 unspecified atom stereocenters. The quantitative estimate of drug-likeness (QED) is 0.512. The molecule has 0 aliphatic carbocycles. The number of pyridine rings is 1. The van der Waals surface area contributed by atoms with Gasteiger partial charge in [-0.3, -0.25) is 14.8 Å². The van der Waals surface area contributed by atoms with Gasteiger partial charge >= 0.3 is 0 Å². The largest absolute Gasteiger partial charge is 0.398 e. The van der Waals surface area contributed by atoms with Crippen molar-refractivity contribution in [1.82, 2.24) is 4.98 Å². The highest BCUT2D eigenvalue weighted by atomic mass is 16.1. The van der Waals surface area contributed by atoms with E-state index in [9.17, 15) is 4.79 Å². The minimum Gasteiger partial charge on any atom is -0.398 e. The van der Waals surface area contributed by atoms with E-state index in [1.165, 1.54) is 6.21 Å². The molecule has 2 aromatic rings. The molecule has 0 radical (unpaired) electrons. The van der Waals surface area contributed by atoms with Gasteiger partial charge in [0.1, 0.15) is 0 Å². The monoisotopic (exact) mass is 377 g/mol. The summed E-state index contributed by atoms with van der Waals surface area (Å²) in [7, 11) is 3.45. The molecule has 1 aliphatic rings. The van der Waals surface area contributed by atoms with E-state index in [1.54, 1.807) is 25.5 Å². The zero-order chi connectivity index (χ0) is 20.1. The lowest BCUT2D eigenvalue weighted by atomic mass is 10.00. The number of hydrogen-bond acceptors (Lipinski definition) is 7. The van der Waals surface area contributed by atoms with Gasteiger partial charge in [0.05, 0.1) is 22.8 Å². The average molecular weight is 377 g/mol. The second-order valence-corrected chi connectivity index (χ2v) is 6.22. The molecule has 0 saturated carbocycles. The van der Waals surface area contributed by atoms with Crippen molar-refractivity contribution in [3.8, 4) is 11.3 Å². The van der Waals surface area contributed by atoms with Crippen LogP contribution in [-0.2, 0) is 4.79 Å². The van der Waals surface area contributed by atoms with Crippen LogP contribution in [0, 0.1) is 5.41 Å². The Labute approximate surface area is 163 Å². The van der Waals surface area contributed by atoms with Crippen LogP contribution in [0.5, 0.6) is 0 Å². The summed E-state index contributed by atoms with van der Waals surface area (Å²) in [6.07, 6.45) is 4.79. The summed E-state index contributed by atoms with van der Waals surface area (Å²) in [5, 5.41) is 16.9. The molecule has 6 N–H and O–H groups in total. The number of aliphatic imine (C=N–C) groups is 1. The van der Waals surface area contributed by atoms with E-state index in [4.69, 9.17) is 11.1 Å².